The highest BCUT2D eigenvalue weighted by Gasteiger charge is 2.42. The lowest BCUT2D eigenvalue weighted by Crippen LogP contribution is -2.32. The Morgan fingerprint density at radius 3 is 1.46 bits per heavy atom. The molecule has 0 spiro atoms. The monoisotopic (exact) mass is 694 g/mol. The van der Waals surface area contributed by atoms with Gasteiger partial charge in [-0.3, -0.25) is 0 Å². The molecule has 2 heterocycles. The van der Waals surface area contributed by atoms with Crippen molar-refractivity contribution in [1.29, 1.82) is 0 Å². The van der Waals surface area contributed by atoms with Gasteiger partial charge in [0.05, 0.1) is 17.1 Å². The van der Waals surface area contributed by atoms with Gasteiger partial charge in [-0.25, -0.2) is 0 Å². The maximum absolute atomic E-state index is 6.47. The fraction of sp³-hybridized carbons (Fsp3) is 0.0588. The first-order valence-electron chi connectivity index (χ1n) is 18.6. The van der Waals surface area contributed by atoms with E-state index < -0.39 is 0 Å². The molecule has 0 radical (unpaired) electrons. The van der Waals surface area contributed by atoms with Gasteiger partial charge in [0.1, 0.15) is 0 Å². The van der Waals surface area contributed by atoms with Gasteiger partial charge in [-0.2, -0.15) is 0 Å². The van der Waals surface area contributed by atoms with E-state index in [0.717, 1.165) is 39.9 Å². The summed E-state index contributed by atoms with van der Waals surface area (Å²) in [7, 11) is 0. The molecule has 0 aromatic heterocycles. The molecule has 3 nitrogen and oxygen atoms in total. The molecule has 0 amide bonds. The first-order chi connectivity index (χ1) is 26.5. The Hall–Kier alpha value is -6.84. The van der Waals surface area contributed by atoms with Crippen LogP contribution < -0.4 is 14.5 Å². The molecule has 0 bridgehead atoms. The minimum absolute atomic E-state index is 0.269. The third kappa shape index (κ3) is 5.20. The van der Waals surface area contributed by atoms with Gasteiger partial charge in [0.25, 0.3) is 0 Å². The van der Waals surface area contributed by atoms with E-state index >= 15 is 0 Å². The van der Waals surface area contributed by atoms with Gasteiger partial charge in [-0.05, 0) is 105 Å². The minimum Gasteiger partial charge on any atom is -0.453 e. The lowest BCUT2D eigenvalue weighted by atomic mass is 9.70. The van der Waals surface area contributed by atoms with Crippen molar-refractivity contribution in [2.24, 2.45) is 0 Å². The zero-order valence-electron chi connectivity index (χ0n) is 30.3. The van der Waals surface area contributed by atoms with E-state index in [9.17, 15) is 0 Å². The third-order valence-electron chi connectivity index (χ3n) is 11.0. The second-order valence-corrected chi connectivity index (χ2v) is 14.6. The molecule has 0 saturated carbocycles. The van der Waals surface area contributed by atoms with Gasteiger partial charge in [-0.1, -0.05) is 147 Å². The molecule has 0 unspecified atom stereocenters. The summed E-state index contributed by atoms with van der Waals surface area (Å²) in [6.07, 6.45) is 0. The fourth-order valence-electron chi connectivity index (χ4n) is 8.42. The molecule has 2 aliphatic rings. The Labute approximate surface area is 317 Å². The van der Waals surface area contributed by atoms with Crippen LogP contribution in [-0.4, -0.2) is 0 Å². The quantitative estimate of drug-likeness (QED) is 0.172. The van der Waals surface area contributed by atoms with E-state index in [1.54, 1.807) is 0 Å². The Morgan fingerprint density at radius 2 is 0.870 bits per heavy atom. The van der Waals surface area contributed by atoms with E-state index in [2.05, 4.69) is 212 Å². The van der Waals surface area contributed by atoms with Crippen LogP contribution in [0.25, 0.3) is 33.4 Å². The lowest BCUT2D eigenvalue weighted by Gasteiger charge is -2.45. The van der Waals surface area contributed by atoms with Crippen molar-refractivity contribution in [3.63, 3.8) is 0 Å². The number of rotatable bonds is 6. The highest BCUT2D eigenvalue weighted by Crippen LogP contribution is 2.61. The summed E-state index contributed by atoms with van der Waals surface area (Å²) in [6.45, 7) is 4.69. The lowest BCUT2D eigenvalue weighted by molar-refractivity contribution is 0.471. The summed E-state index contributed by atoms with van der Waals surface area (Å²) >= 11 is 0. The van der Waals surface area contributed by atoms with Crippen molar-refractivity contribution in [2.75, 3.05) is 9.80 Å². The Balaban J connectivity index is 1.07. The van der Waals surface area contributed by atoms with Gasteiger partial charge >= 0.3 is 0 Å². The molecule has 54 heavy (non-hydrogen) atoms. The summed E-state index contributed by atoms with van der Waals surface area (Å²) in [6, 6.07) is 69.5. The predicted octanol–water partition coefficient (Wildman–Crippen LogP) is 14.4. The molecule has 8 aromatic rings. The van der Waals surface area contributed by atoms with Crippen LogP contribution in [0, 0.1) is 0 Å². The van der Waals surface area contributed by atoms with Crippen molar-refractivity contribution < 1.29 is 4.74 Å². The summed E-state index contributed by atoms with van der Waals surface area (Å²) in [5, 5.41) is 0. The van der Waals surface area contributed by atoms with Gasteiger partial charge in [0.15, 0.2) is 11.5 Å². The second-order valence-electron chi connectivity index (χ2n) is 14.6. The molecule has 0 atom stereocenters. The van der Waals surface area contributed by atoms with Crippen molar-refractivity contribution in [2.45, 2.75) is 19.3 Å². The predicted molar refractivity (Wildman–Crippen MR) is 224 cm³/mol. The zero-order valence-corrected chi connectivity index (χ0v) is 30.3. The van der Waals surface area contributed by atoms with Crippen LogP contribution in [-0.2, 0) is 5.41 Å². The average Bonchev–Trinajstić information content (AvgIpc) is 3.23. The van der Waals surface area contributed by atoms with Crippen molar-refractivity contribution in [3.05, 3.63) is 205 Å². The van der Waals surface area contributed by atoms with Crippen molar-refractivity contribution >= 4 is 34.1 Å². The summed E-state index contributed by atoms with van der Waals surface area (Å²) in [4.78, 5) is 4.75. The number of hydrogen-bond donors (Lipinski definition) is 0. The van der Waals surface area contributed by atoms with E-state index in [4.69, 9.17) is 4.74 Å². The molecule has 0 N–H and O–H groups in total. The molecular formula is C51H38N2O. The molecule has 2 aliphatic heterocycles. The zero-order chi connectivity index (χ0) is 36.2. The van der Waals surface area contributed by atoms with Crippen LogP contribution in [0.4, 0.5) is 34.1 Å². The van der Waals surface area contributed by atoms with Crippen molar-refractivity contribution in [3.8, 4) is 44.9 Å². The fourth-order valence-corrected chi connectivity index (χ4v) is 8.42. The minimum atomic E-state index is -0.269. The Bertz CT molecular complexity index is 2550. The first kappa shape index (κ1) is 31.9. The van der Waals surface area contributed by atoms with Gasteiger partial charge in [-0.15, -0.1) is 0 Å². The van der Waals surface area contributed by atoms with Gasteiger partial charge in [0.2, 0.25) is 0 Å². The number of hydrogen-bond acceptors (Lipinski definition) is 3. The van der Waals surface area contributed by atoms with Crippen LogP contribution >= 0.6 is 0 Å². The van der Waals surface area contributed by atoms with Crippen LogP contribution in [0.2, 0.25) is 0 Å². The number of anilines is 6. The summed E-state index contributed by atoms with van der Waals surface area (Å²) in [5.74, 6) is 1.77. The normalized spacial score (nSPS) is 13.3. The molecule has 3 heteroatoms. The van der Waals surface area contributed by atoms with E-state index in [1.807, 2.05) is 6.07 Å². The van der Waals surface area contributed by atoms with E-state index in [1.165, 1.54) is 50.2 Å². The molecule has 258 valence electrons. The number of fused-ring (bicyclic) bond motifs is 4. The largest absolute Gasteiger partial charge is 0.453 e. The molecule has 0 fully saturated rings. The molecule has 0 saturated heterocycles. The molecule has 10 rings (SSSR count). The number of nitrogens with zero attached hydrogens (tertiary/aromatic N) is 2. The molecular weight excluding hydrogens is 657 g/mol. The second kappa shape index (κ2) is 12.7. The average molecular weight is 695 g/mol. The highest BCUT2D eigenvalue weighted by molar-refractivity contribution is 5.96. The first-order valence-corrected chi connectivity index (χ1v) is 18.6. The van der Waals surface area contributed by atoms with Crippen LogP contribution in [0.3, 0.4) is 0 Å². The number of para-hydroxylation sites is 3. The van der Waals surface area contributed by atoms with Gasteiger partial charge in [0, 0.05) is 22.5 Å². The summed E-state index contributed by atoms with van der Waals surface area (Å²) < 4.78 is 6.47. The maximum Gasteiger partial charge on any atom is 0.151 e. The SMILES string of the molecule is CC1(C)c2cccc3c2N(c2ccccc2O3)c2cccc(-c3ccc(N(c4ccc(-c5ccccc5)cc4)c4ccc(-c5ccccc5)cc4)cc3)c21. The summed E-state index contributed by atoms with van der Waals surface area (Å²) in [5.41, 5.74) is 16.2. The third-order valence-corrected chi connectivity index (χ3v) is 11.0. The molecule has 8 aromatic carbocycles. The van der Waals surface area contributed by atoms with E-state index in [0.29, 0.717) is 0 Å². The van der Waals surface area contributed by atoms with Crippen LogP contribution in [0.5, 0.6) is 11.5 Å². The number of ether oxygens (including phenoxy) is 1. The Morgan fingerprint density at radius 1 is 0.407 bits per heavy atom. The van der Waals surface area contributed by atoms with E-state index in [-0.39, 0.29) is 5.41 Å². The smallest absolute Gasteiger partial charge is 0.151 e. The van der Waals surface area contributed by atoms with Crippen molar-refractivity contribution in [1.82, 2.24) is 0 Å². The standard InChI is InChI=1S/C51H38N2O/c1-51(2)44-18-12-22-48-50(44)53(45-19-9-10-21-47(45)54-48)46-20-11-17-43(49(46)51)39-27-33-42(34-28-39)52(40-29-23-37(24-30-40)35-13-5-3-6-14-35)41-31-25-38(26-32-41)36-15-7-4-8-16-36/h3-34H,1-2H3. The Kier molecular flexibility index (Phi) is 7.48. The van der Waals surface area contributed by atoms with Crippen LogP contribution in [0.1, 0.15) is 25.0 Å². The maximum atomic E-state index is 6.47. The highest BCUT2D eigenvalue weighted by atomic mass is 16.5. The van der Waals surface area contributed by atoms with Gasteiger partial charge < -0.3 is 14.5 Å². The topological polar surface area (TPSA) is 15.7 Å². The molecule has 0 aliphatic carbocycles. The van der Waals surface area contributed by atoms with Crippen LogP contribution in [0.15, 0.2) is 194 Å². The number of benzene rings is 8.